The van der Waals surface area contributed by atoms with Crippen LogP contribution in [0.5, 0.6) is 0 Å². The van der Waals surface area contributed by atoms with Crippen LogP contribution in [-0.4, -0.2) is 48.2 Å². The van der Waals surface area contributed by atoms with Gasteiger partial charge in [0.2, 0.25) is 11.8 Å². The van der Waals surface area contributed by atoms with Crippen LogP contribution in [0.2, 0.25) is 5.02 Å². The van der Waals surface area contributed by atoms with Gasteiger partial charge >= 0.3 is 6.09 Å². The van der Waals surface area contributed by atoms with Gasteiger partial charge in [-0.25, -0.2) is 4.79 Å². The summed E-state index contributed by atoms with van der Waals surface area (Å²) in [6, 6.07) is 13.7. The molecule has 0 radical (unpaired) electrons. The van der Waals surface area contributed by atoms with E-state index in [1.165, 1.54) is 0 Å². The second kappa shape index (κ2) is 11.5. The lowest BCUT2D eigenvalue weighted by molar-refractivity contribution is -0.126. The number of hydrogen-bond donors (Lipinski definition) is 4. The molecule has 33 heavy (non-hydrogen) atoms. The predicted octanol–water partition coefficient (Wildman–Crippen LogP) is 3.10. The third-order valence-corrected chi connectivity index (χ3v) is 5.20. The number of benzene rings is 2. The number of alkyl carbamates (subject to hydrolysis) is 1. The lowest BCUT2D eigenvalue weighted by Gasteiger charge is -2.30. The van der Waals surface area contributed by atoms with Crippen molar-refractivity contribution in [2.75, 3.05) is 19.6 Å². The summed E-state index contributed by atoms with van der Waals surface area (Å²) in [5.74, 6) is -1.07. The molecule has 0 aliphatic rings. The summed E-state index contributed by atoms with van der Waals surface area (Å²) in [5.41, 5.74) is -1.10. The maximum atomic E-state index is 12.3. The highest BCUT2D eigenvalue weighted by atomic mass is 79.9. The van der Waals surface area contributed by atoms with Crippen LogP contribution < -0.4 is 16.0 Å². The Morgan fingerprint density at radius 2 is 1.36 bits per heavy atom. The van der Waals surface area contributed by atoms with Crippen LogP contribution in [0.15, 0.2) is 53.0 Å². The lowest BCUT2D eigenvalue weighted by Crippen LogP contribution is -2.46. The van der Waals surface area contributed by atoms with E-state index in [-0.39, 0.29) is 19.6 Å². The van der Waals surface area contributed by atoms with Crippen molar-refractivity contribution < 1.29 is 24.2 Å². The summed E-state index contributed by atoms with van der Waals surface area (Å²) in [6.07, 6.45) is -0.732. The van der Waals surface area contributed by atoms with Gasteiger partial charge in [0.05, 0.1) is 13.1 Å². The molecule has 2 aromatic carbocycles. The molecule has 0 saturated heterocycles. The number of nitrogens with one attached hydrogen (secondary N) is 3. The highest BCUT2D eigenvalue weighted by molar-refractivity contribution is 9.10. The second-order valence-electron chi connectivity index (χ2n) is 8.28. The van der Waals surface area contributed by atoms with Gasteiger partial charge in [0, 0.05) is 9.50 Å². The van der Waals surface area contributed by atoms with Crippen LogP contribution in [0.4, 0.5) is 4.79 Å². The Hall–Kier alpha value is -2.62. The topological polar surface area (TPSA) is 117 Å². The lowest BCUT2D eigenvalue weighted by atomic mass is 9.86. The molecule has 0 aliphatic carbocycles. The van der Waals surface area contributed by atoms with E-state index in [2.05, 4.69) is 31.9 Å². The van der Waals surface area contributed by atoms with E-state index >= 15 is 0 Å². The molecule has 3 amide bonds. The highest BCUT2D eigenvalue weighted by Gasteiger charge is 2.32. The van der Waals surface area contributed by atoms with E-state index in [9.17, 15) is 19.5 Å². The molecule has 0 fully saturated rings. The van der Waals surface area contributed by atoms with E-state index in [0.29, 0.717) is 16.1 Å². The van der Waals surface area contributed by atoms with Crippen molar-refractivity contribution in [3.05, 3.63) is 69.2 Å². The first kappa shape index (κ1) is 26.6. The number of carbonyl (C=O) groups excluding carboxylic acids is 3. The largest absolute Gasteiger partial charge is 0.444 e. The molecule has 0 aromatic heterocycles. The molecule has 4 N–H and O–H groups in total. The molecule has 178 valence electrons. The molecule has 2 aromatic rings. The maximum Gasteiger partial charge on any atom is 0.408 e. The smallest absolute Gasteiger partial charge is 0.408 e. The molecule has 0 spiro atoms. The van der Waals surface area contributed by atoms with Crippen molar-refractivity contribution in [3.8, 4) is 0 Å². The van der Waals surface area contributed by atoms with Gasteiger partial charge in [-0.15, -0.1) is 0 Å². The van der Waals surface area contributed by atoms with E-state index in [1.54, 1.807) is 69.3 Å². The zero-order chi connectivity index (χ0) is 24.6. The van der Waals surface area contributed by atoms with Gasteiger partial charge < -0.3 is 25.8 Å². The van der Waals surface area contributed by atoms with E-state index in [4.69, 9.17) is 16.3 Å². The maximum absolute atomic E-state index is 12.3. The van der Waals surface area contributed by atoms with Gasteiger partial charge in [-0.1, -0.05) is 51.8 Å². The number of carbonyl (C=O) groups is 3. The summed E-state index contributed by atoms with van der Waals surface area (Å²) >= 11 is 9.34. The Labute approximate surface area is 206 Å². The molecule has 0 heterocycles. The van der Waals surface area contributed by atoms with Gasteiger partial charge in [-0.3, -0.25) is 9.59 Å². The Morgan fingerprint density at radius 3 is 1.91 bits per heavy atom. The van der Waals surface area contributed by atoms with Crippen molar-refractivity contribution in [1.82, 2.24) is 16.0 Å². The average Bonchev–Trinajstić information content (AvgIpc) is 2.74. The predicted molar refractivity (Wildman–Crippen MR) is 129 cm³/mol. The minimum absolute atomic E-state index is 0.138. The van der Waals surface area contributed by atoms with Gasteiger partial charge in [0.15, 0.2) is 0 Å². The number of rotatable bonds is 8. The molecule has 0 saturated carbocycles. The van der Waals surface area contributed by atoms with E-state index < -0.39 is 29.1 Å². The SMILES string of the molecule is CC(C)(C)OC(=O)NCC(=O)NCC(=O)NCC(O)(c1ccc(Cl)cc1)c1ccc(Br)cc1. The molecule has 8 nitrogen and oxygen atoms in total. The summed E-state index contributed by atoms with van der Waals surface area (Å²) < 4.78 is 5.88. The van der Waals surface area contributed by atoms with Crippen LogP contribution in [0.25, 0.3) is 0 Å². The standard InChI is InChI=1S/C23H27BrClN3O5/c1-22(2,3)33-21(31)27-13-19(29)26-12-20(30)28-14-23(32,15-4-8-17(24)9-5-15)16-6-10-18(25)11-7-16/h4-11,32H,12-14H2,1-3H3,(H,26,29)(H,27,31)(H,28,30). The number of hydrogen-bond acceptors (Lipinski definition) is 5. The summed E-state index contributed by atoms with van der Waals surface area (Å²) in [4.78, 5) is 35.8. The summed E-state index contributed by atoms with van der Waals surface area (Å²) in [5, 5.41) is 19.4. The zero-order valence-corrected chi connectivity index (χ0v) is 20.9. The van der Waals surface area contributed by atoms with Crippen molar-refractivity contribution >= 4 is 45.4 Å². The van der Waals surface area contributed by atoms with Crippen molar-refractivity contribution in [2.45, 2.75) is 32.0 Å². The normalized spacial score (nSPS) is 12.9. The van der Waals surface area contributed by atoms with Crippen LogP contribution in [-0.2, 0) is 19.9 Å². The minimum Gasteiger partial charge on any atom is -0.444 e. The van der Waals surface area contributed by atoms with Gasteiger partial charge in [0.1, 0.15) is 17.7 Å². The Kier molecular flexibility index (Phi) is 9.27. The van der Waals surface area contributed by atoms with Gasteiger partial charge in [-0.2, -0.15) is 0 Å². The van der Waals surface area contributed by atoms with Gasteiger partial charge in [-0.05, 0) is 56.2 Å². The number of aliphatic hydroxyl groups is 1. The van der Waals surface area contributed by atoms with E-state index in [1.807, 2.05) is 0 Å². The van der Waals surface area contributed by atoms with Crippen LogP contribution in [0.3, 0.4) is 0 Å². The molecular weight excluding hydrogens is 514 g/mol. The van der Waals surface area contributed by atoms with Crippen LogP contribution >= 0.6 is 27.5 Å². The minimum atomic E-state index is -1.52. The second-order valence-corrected chi connectivity index (χ2v) is 9.64. The highest BCUT2D eigenvalue weighted by Crippen LogP contribution is 2.31. The number of ether oxygens (including phenoxy) is 1. The number of amides is 3. The monoisotopic (exact) mass is 539 g/mol. The Balaban J connectivity index is 1.95. The molecular formula is C23H27BrClN3O5. The Bertz CT molecular complexity index is 930. The summed E-state index contributed by atoms with van der Waals surface area (Å²) in [7, 11) is 0. The molecule has 1 unspecified atom stereocenters. The number of halogens is 2. The quantitative estimate of drug-likeness (QED) is 0.411. The molecule has 10 heteroatoms. The Morgan fingerprint density at radius 1 is 0.879 bits per heavy atom. The van der Waals surface area contributed by atoms with Crippen LogP contribution in [0.1, 0.15) is 31.9 Å². The third kappa shape index (κ3) is 8.68. The first-order valence-corrected chi connectivity index (χ1v) is 11.3. The molecule has 2 rings (SSSR count). The van der Waals surface area contributed by atoms with Crippen molar-refractivity contribution in [1.29, 1.82) is 0 Å². The van der Waals surface area contributed by atoms with E-state index in [0.717, 1.165) is 4.47 Å². The van der Waals surface area contributed by atoms with Crippen LogP contribution in [0, 0.1) is 0 Å². The first-order valence-electron chi connectivity index (χ1n) is 10.1. The molecule has 0 bridgehead atoms. The summed E-state index contributed by atoms with van der Waals surface area (Å²) in [6.45, 7) is 4.31. The van der Waals surface area contributed by atoms with Crippen molar-refractivity contribution in [2.24, 2.45) is 0 Å². The molecule has 0 aliphatic heterocycles. The zero-order valence-electron chi connectivity index (χ0n) is 18.6. The fourth-order valence-corrected chi connectivity index (χ4v) is 3.21. The fourth-order valence-electron chi connectivity index (χ4n) is 2.82. The third-order valence-electron chi connectivity index (χ3n) is 4.42. The van der Waals surface area contributed by atoms with Crippen molar-refractivity contribution in [3.63, 3.8) is 0 Å². The molecule has 1 atom stereocenters. The van der Waals surface area contributed by atoms with Gasteiger partial charge in [0.25, 0.3) is 0 Å². The first-order chi connectivity index (χ1) is 15.4. The fraction of sp³-hybridized carbons (Fsp3) is 0.348. The average molecular weight is 541 g/mol.